The van der Waals surface area contributed by atoms with Crippen LogP contribution in [0.3, 0.4) is 0 Å². The second-order valence-corrected chi connectivity index (χ2v) is 5.88. The highest BCUT2D eigenvalue weighted by Gasteiger charge is 2.08. The van der Waals surface area contributed by atoms with Crippen molar-refractivity contribution < 1.29 is 14.3 Å². The molecular formula is C18H18Cl2N2O3. The summed E-state index contributed by atoms with van der Waals surface area (Å²) in [6.45, 7) is 2.31. The van der Waals surface area contributed by atoms with E-state index >= 15 is 0 Å². The number of amides is 1. The van der Waals surface area contributed by atoms with Gasteiger partial charge >= 0.3 is 0 Å². The van der Waals surface area contributed by atoms with Crippen molar-refractivity contribution in [2.24, 2.45) is 5.10 Å². The number of hydrogen-bond acceptors (Lipinski definition) is 4. The molecule has 1 amide bonds. The van der Waals surface area contributed by atoms with Crippen molar-refractivity contribution in [3.05, 3.63) is 57.6 Å². The van der Waals surface area contributed by atoms with Crippen LogP contribution in [-0.4, -0.2) is 25.8 Å². The van der Waals surface area contributed by atoms with Crippen LogP contribution < -0.4 is 14.9 Å². The average Bonchev–Trinajstić information content (AvgIpc) is 2.59. The minimum absolute atomic E-state index is 0.214. The summed E-state index contributed by atoms with van der Waals surface area (Å²) in [6, 6.07) is 10.6. The highest BCUT2D eigenvalue weighted by molar-refractivity contribution is 6.37. The Balaban J connectivity index is 1.94. The lowest BCUT2D eigenvalue weighted by atomic mass is 10.1. The molecule has 2 aromatic rings. The van der Waals surface area contributed by atoms with Crippen molar-refractivity contribution in [2.45, 2.75) is 13.3 Å². The number of halogens is 2. The van der Waals surface area contributed by atoms with Crippen LogP contribution in [-0.2, 0) is 11.2 Å². The van der Waals surface area contributed by atoms with Gasteiger partial charge < -0.3 is 9.47 Å². The molecule has 2 rings (SSSR count). The molecule has 0 bridgehead atoms. The lowest BCUT2D eigenvalue weighted by Gasteiger charge is -2.08. The molecule has 2 aromatic carbocycles. The van der Waals surface area contributed by atoms with E-state index in [9.17, 15) is 4.79 Å². The predicted molar refractivity (Wildman–Crippen MR) is 100 cm³/mol. The van der Waals surface area contributed by atoms with E-state index in [2.05, 4.69) is 10.5 Å². The second-order valence-electron chi connectivity index (χ2n) is 5.06. The third-order valence-electron chi connectivity index (χ3n) is 3.24. The van der Waals surface area contributed by atoms with E-state index in [1.165, 1.54) is 6.21 Å². The smallest absolute Gasteiger partial charge is 0.244 e. The fourth-order valence-corrected chi connectivity index (χ4v) is 2.70. The van der Waals surface area contributed by atoms with Crippen LogP contribution in [0, 0.1) is 0 Å². The zero-order valence-electron chi connectivity index (χ0n) is 13.9. The maximum atomic E-state index is 11.9. The number of hydrazone groups is 1. The normalized spacial score (nSPS) is 10.7. The van der Waals surface area contributed by atoms with E-state index < -0.39 is 0 Å². The van der Waals surface area contributed by atoms with Gasteiger partial charge in [0.25, 0.3) is 0 Å². The van der Waals surface area contributed by atoms with Gasteiger partial charge in [-0.15, -0.1) is 0 Å². The van der Waals surface area contributed by atoms with Gasteiger partial charge in [0.15, 0.2) is 5.75 Å². The third-order valence-corrected chi connectivity index (χ3v) is 3.80. The summed E-state index contributed by atoms with van der Waals surface area (Å²) in [5, 5.41) is 4.70. The Morgan fingerprint density at radius 3 is 2.40 bits per heavy atom. The standard InChI is InChI=1S/C18H18Cl2N2O3/c1-3-25-18-15(19)8-13(9-16(18)20)11-21-22-17(23)10-12-4-6-14(24-2)7-5-12/h4-9,11H,3,10H2,1-2H3,(H,22,23)/b21-11-. The minimum Gasteiger partial charge on any atom is -0.497 e. The van der Waals surface area contributed by atoms with Gasteiger partial charge in [-0.1, -0.05) is 35.3 Å². The topological polar surface area (TPSA) is 59.9 Å². The number of nitrogens with zero attached hydrogens (tertiary/aromatic N) is 1. The van der Waals surface area contributed by atoms with E-state index in [1.807, 2.05) is 19.1 Å². The molecule has 132 valence electrons. The number of nitrogens with one attached hydrogen (secondary N) is 1. The Hall–Kier alpha value is -2.24. The first-order chi connectivity index (χ1) is 12.0. The predicted octanol–water partition coefficient (Wildman–Crippen LogP) is 4.09. The molecule has 25 heavy (non-hydrogen) atoms. The van der Waals surface area contributed by atoms with Crippen molar-refractivity contribution in [3.63, 3.8) is 0 Å². The summed E-state index contributed by atoms with van der Waals surface area (Å²) in [5.41, 5.74) is 3.99. The fraction of sp³-hybridized carbons (Fsp3) is 0.222. The molecule has 0 heterocycles. The molecule has 0 aliphatic carbocycles. The summed E-state index contributed by atoms with van der Waals surface area (Å²) in [4.78, 5) is 11.9. The molecule has 0 radical (unpaired) electrons. The van der Waals surface area contributed by atoms with Crippen LogP contribution in [0.4, 0.5) is 0 Å². The summed E-state index contributed by atoms with van der Waals surface area (Å²) < 4.78 is 10.4. The minimum atomic E-state index is -0.232. The number of benzene rings is 2. The van der Waals surface area contributed by atoms with E-state index in [0.29, 0.717) is 28.0 Å². The molecule has 0 unspecified atom stereocenters. The van der Waals surface area contributed by atoms with E-state index in [4.69, 9.17) is 32.7 Å². The maximum Gasteiger partial charge on any atom is 0.244 e. The SMILES string of the molecule is CCOc1c(Cl)cc(/C=N\NC(=O)Cc2ccc(OC)cc2)cc1Cl. The number of ether oxygens (including phenoxy) is 2. The highest BCUT2D eigenvalue weighted by Crippen LogP contribution is 2.33. The van der Waals surface area contributed by atoms with Gasteiger partial charge in [0.05, 0.1) is 36.4 Å². The summed E-state index contributed by atoms with van der Waals surface area (Å²) in [7, 11) is 1.59. The first-order valence-corrected chi connectivity index (χ1v) is 8.35. The Morgan fingerprint density at radius 2 is 1.84 bits per heavy atom. The van der Waals surface area contributed by atoms with Crippen LogP contribution in [0.2, 0.25) is 10.0 Å². The first-order valence-electron chi connectivity index (χ1n) is 7.60. The van der Waals surface area contributed by atoms with Crippen LogP contribution in [0.25, 0.3) is 0 Å². The van der Waals surface area contributed by atoms with Gasteiger partial charge in [0.1, 0.15) is 5.75 Å². The number of carbonyl (C=O) groups is 1. The second kappa shape index (κ2) is 9.30. The first kappa shape index (κ1) is 19.1. The maximum absolute atomic E-state index is 11.9. The van der Waals surface area contributed by atoms with Crippen LogP contribution in [0.15, 0.2) is 41.5 Å². The number of carbonyl (C=O) groups excluding carboxylic acids is 1. The lowest BCUT2D eigenvalue weighted by molar-refractivity contribution is -0.120. The fourth-order valence-electron chi connectivity index (χ4n) is 2.08. The van der Waals surface area contributed by atoms with Crippen molar-refractivity contribution in [1.82, 2.24) is 5.43 Å². The van der Waals surface area contributed by atoms with Gasteiger partial charge in [0, 0.05) is 0 Å². The Bertz CT molecular complexity index is 738. The molecular weight excluding hydrogens is 363 g/mol. The average molecular weight is 381 g/mol. The van der Waals surface area contributed by atoms with E-state index in [-0.39, 0.29) is 12.3 Å². The van der Waals surface area contributed by atoms with Gasteiger partial charge in [0.2, 0.25) is 5.91 Å². The van der Waals surface area contributed by atoms with Gasteiger partial charge in [-0.2, -0.15) is 5.10 Å². The molecule has 1 N–H and O–H groups in total. The van der Waals surface area contributed by atoms with Gasteiger partial charge in [-0.3, -0.25) is 4.79 Å². The number of hydrogen-bond donors (Lipinski definition) is 1. The zero-order chi connectivity index (χ0) is 18.2. The number of rotatable bonds is 7. The van der Waals surface area contributed by atoms with Crippen molar-refractivity contribution in [3.8, 4) is 11.5 Å². The van der Waals surface area contributed by atoms with Crippen molar-refractivity contribution in [2.75, 3.05) is 13.7 Å². The summed E-state index contributed by atoms with van der Waals surface area (Å²) in [5.74, 6) is 0.947. The van der Waals surface area contributed by atoms with Gasteiger partial charge in [-0.25, -0.2) is 5.43 Å². The van der Waals surface area contributed by atoms with Crippen molar-refractivity contribution in [1.29, 1.82) is 0 Å². The lowest BCUT2D eigenvalue weighted by Crippen LogP contribution is -2.19. The quantitative estimate of drug-likeness (QED) is 0.581. The molecule has 0 atom stereocenters. The molecule has 7 heteroatoms. The largest absolute Gasteiger partial charge is 0.497 e. The molecule has 0 aliphatic rings. The monoisotopic (exact) mass is 380 g/mol. The molecule has 0 saturated carbocycles. The van der Waals surface area contributed by atoms with Gasteiger partial charge in [-0.05, 0) is 42.3 Å². The Kier molecular flexibility index (Phi) is 7.10. The van der Waals surface area contributed by atoms with Crippen molar-refractivity contribution >= 4 is 35.3 Å². The molecule has 0 aromatic heterocycles. The molecule has 0 fully saturated rings. The number of methoxy groups -OCH3 is 1. The molecule has 0 spiro atoms. The van der Waals surface area contributed by atoms with Crippen LogP contribution in [0.5, 0.6) is 11.5 Å². The van der Waals surface area contributed by atoms with Crippen LogP contribution >= 0.6 is 23.2 Å². The molecule has 5 nitrogen and oxygen atoms in total. The summed E-state index contributed by atoms with van der Waals surface area (Å²) in [6.07, 6.45) is 1.69. The molecule has 0 saturated heterocycles. The van der Waals surface area contributed by atoms with E-state index in [1.54, 1.807) is 31.4 Å². The third kappa shape index (κ3) is 5.66. The van der Waals surface area contributed by atoms with Crippen LogP contribution in [0.1, 0.15) is 18.1 Å². The Morgan fingerprint density at radius 1 is 1.20 bits per heavy atom. The zero-order valence-corrected chi connectivity index (χ0v) is 15.4. The highest BCUT2D eigenvalue weighted by atomic mass is 35.5. The Labute approximate surface area is 156 Å². The summed E-state index contributed by atoms with van der Waals surface area (Å²) >= 11 is 12.2. The van der Waals surface area contributed by atoms with E-state index in [0.717, 1.165) is 11.3 Å². The molecule has 0 aliphatic heterocycles.